The molecule has 0 fully saturated rings. The smallest absolute Gasteiger partial charge is 0.328 e. The summed E-state index contributed by atoms with van der Waals surface area (Å²) in [5, 5.41) is 10.1. The van der Waals surface area contributed by atoms with Crippen molar-refractivity contribution >= 4 is 16.9 Å². The zero-order valence-electron chi connectivity index (χ0n) is 19.0. The molecule has 0 aliphatic rings. The standard InChI is InChI=1S/C28H27NO4/c1-19(17-27(30)31)16-20-4-13-26-23(18-20)14-15-29(26)28(21-5-9-24(32-2)10-6-21)22-7-11-25(33-3)12-8-22/h4-15,17-18,28H,16H2,1-3H3,(H,30,31). The van der Waals surface area contributed by atoms with Gasteiger partial charge in [0.1, 0.15) is 11.5 Å². The molecule has 0 saturated carbocycles. The Labute approximate surface area is 193 Å². The van der Waals surface area contributed by atoms with Crippen molar-refractivity contribution in [1.82, 2.24) is 4.57 Å². The predicted molar refractivity (Wildman–Crippen MR) is 130 cm³/mol. The van der Waals surface area contributed by atoms with Crippen LogP contribution in [0.1, 0.15) is 29.7 Å². The van der Waals surface area contributed by atoms with Crippen molar-refractivity contribution in [1.29, 1.82) is 0 Å². The summed E-state index contributed by atoms with van der Waals surface area (Å²) in [7, 11) is 3.33. The molecule has 0 spiro atoms. The second kappa shape index (κ2) is 9.65. The minimum absolute atomic E-state index is 0.0289. The van der Waals surface area contributed by atoms with Crippen LogP contribution >= 0.6 is 0 Å². The largest absolute Gasteiger partial charge is 0.497 e. The topological polar surface area (TPSA) is 60.7 Å². The summed E-state index contributed by atoms with van der Waals surface area (Å²) >= 11 is 0. The highest BCUT2D eigenvalue weighted by Gasteiger charge is 2.19. The molecule has 4 aromatic rings. The first-order valence-corrected chi connectivity index (χ1v) is 10.8. The van der Waals surface area contributed by atoms with Crippen LogP contribution in [0.15, 0.2) is 90.6 Å². The fraction of sp³-hybridized carbons (Fsp3) is 0.179. The molecule has 0 amide bonds. The summed E-state index contributed by atoms with van der Waals surface area (Å²) in [6.45, 7) is 1.84. The average molecular weight is 442 g/mol. The number of carboxylic acid groups (broad SMARTS) is 1. The first-order chi connectivity index (χ1) is 16.0. The molecule has 0 aliphatic carbocycles. The number of methoxy groups -OCH3 is 2. The number of fused-ring (bicyclic) bond motifs is 1. The molecule has 4 rings (SSSR count). The fourth-order valence-electron chi connectivity index (χ4n) is 4.22. The molecule has 0 unspecified atom stereocenters. The number of benzene rings is 3. The van der Waals surface area contributed by atoms with Crippen molar-refractivity contribution in [3.05, 3.63) is 107 Å². The van der Waals surface area contributed by atoms with Crippen LogP contribution in [0.5, 0.6) is 11.5 Å². The lowest BCUT2D eigenvalue weighted by atomic mass is 9.97. The van der Waals surface area contributed by atoms with E-state index in [1.165, 1.54) is 6.08 Å². The van der Waals surface area contributed by atoms with Gasteiger partial charge in [-0.05, 0) is 77.9 Å². The van der Waals surface area contributed by atoms with E-state index in [-0.39, 0.29) is 6.04 Å². The molecule has 33 heavy (non-hydrogen) atoms. The highest BCUT2D eigenvalue weighted by molar-refractivity contribution is 5.82. The molecular weight excluding hydrogens is 414 g/mol. The van der Waals surface area contributed by atoms with Crippen molar-refractivity contribution in [2.75, 3.05) is 14.2 Å². The molecule has 168 valence electrons. The van der Waals surface area contributed by atoms with Crippen LogP contribution in [-0.4, -0.2) is 29.9 Å². The van der Waals surface area contributed by atoms with Crippen LogP contribution in [0.25, 0.3) is 10.9 Å². The molecule has 0 atom stereocenters. The Kier molecular flexibility index (Phi) is 6.50. The highest BCUT2D eigenvalue weighted by Crippen LogP contribution is 2.33. The Hall–Kier alpha value is -3.99. The van der Waals surface area contributed by atoms with Crippen LogP contribution in [0, 0.1) is 0 Å². The molecular formula is C28H27NO4. The van der Waals surface area contributed by atoms with Gasteiger partial charge in [-0.25, -0.2) is 4.79 Å². The van der Waals surface area contributed by atoms with Gasteiger partial charge in [0.2, 0.25) is 0 Å². The number of carboxylic acids is 1. The Morgan fingerprint density at radius 3 is 2.00 bits per heavy atom. The fourth-order valence-corrected chi connectivity index (χ4v) is 4.22. The molecule has 0 saturated heterocycles. The van der Waals surface area contributed by atoms with Gasteiger partial charge in [0.05, 0.1) is 20.3 Å². The molecule has 5 nitrogen and oxygen atoms in total. The van der Waals surface area contributed by atoms with Gasteiger partial charge >= 0.3 is 5.97 Å². The average Bonchev–Trinajstić information content (AvgIpc) is 3.22. The third kappa shape index (κ3) is 4.93. The highest BCUT2D eigenvalue weighted by atomic mass is 16.5. The molecule has 1 N–H and O–H groups in total. The number of aliphatic carboxylic acids is 1. The zero-order valence-corrected chi connectivity index (χ0v) is 19.0. The number of allylic oxidation sites excluding steroid dienone is 1. The van der Waals surface area contributed by atoms with Crippen LogP contribution < -0.4 is 9.47 Å². The number of carbonyl (C=O) groups is 1. The number of hydrogen-bond donors (Lipinski definition) is 1. The van der Waals surface area contributed by atoms with Crippen molar-refractivity contribution < 1.29 is 19.4 Å². The normalized spacial score (nSPS) is 11.7. The SMILES string of the molecule is COc1ccc(C(c2ccc(OC)cc2)n2ccc3cc(CC(C)=CC(=O)O)ccc32)cc1. The molecule has 1 heterocycles. The van der Waals surface area contributed by atoms with E-state index in [2.05, 4.69) is 59.3 Å². The summed E-state index contributed by atoms with van der Waals surface area (Å²) < 4.78 is 13.0. The second-order valence-corrected chi connectivity index (χ2v) is 8.07. The van der Waals surface area contributed by atoms with Gasteiger partial charge in [-0.2, -0.15) is 0 Å². The Morgan fingerprint density at radius 1 is 0.909 bits per heavy atom. The summed E-state index contributed by atoms with van der Waals surface area (Å²) in [5.41, 5.74) is 5.29. The minimum Gasteiger partial charge on any atom is -0.497 e. The Balaban J connectivity index is 1.77. The van der Waals surface area contributed by atoms with Crippen molar-refractivity contribution in [3.63, 3.8) is 0 Å². The van der Waals surface area contributed by atoms with Gasteiger partial charge in [0.25, 0.3) is 0 Å². The van der Waals surface area contributed by atoms with E-state index in [4.69, 9.17) is 14.6 Å². The molecule has 5 heteroatoms. The second-order valence-electron chi connectivity index (χ2n) is 8.07. The lowest BCUT2D eigenvalue weighted by molar-refractivity contribution is -0.131. The van der Waals surface area contributed by atoms with Gasteiger partial charge in [0, 0.05) is 17.8 Å². The van der Waals surface area contributed by atoms with Crippen LogP contribution in [0.2, 0.25) is 0 Å². The maximum absolute atomic E-state index is 10.9. The van der Waals surface area contributed by atoms with Gasteiger partial charge in [-0.15, -0.1) is 0 Å². The van der Waals surface area contributed by atoms with Crippen LogP contribution in [0.4, 0.5) is 0 Å². The first kappa shape index (κ1) is 22.2. The molecule has 0 bridgehead atoms. The van der Waals surface area contributed by atoms with E-state index in [0.717, 1.165) is 44.7 Å². The summed E-state index contributed by atoms with van der Waals surface area (Å²) in [4.78, 5) is 10.9. The third-order valence-corrected chi connectivity index (χ3v) is 5.78. The maximum atomic E-state index is 10.9. The zero-order chi connectivity index (χ0) is 23.4. The summed E-state index contributed by atoms with van der Waals surface area (Å²) in [5.74, 6) is 0.722. The van der Waals surface area contributed by atoms with Crippen molar-refractivity contribution in [2.24, 2.45) is 0 Å². The molecule has 0 radical (unpaired) electrons. The van der Waals surface area contributed by atoms with E-state index in [0.29, 0.717) is 6.42 Å². The molecule has 1 aromatic heterocycles. The van der Waals surface area contributed by atoms with Crippen LogP contribution in [-0.2, 0) is 11.2 Å². The van der Waals surface area contributed by atoms with Gasteiger partial charge in [-0.1, -0.05) is 35.9 Å². The van der Waals surface area contributed by atoms with E-state index in [1.807, 2.05) is 31.2 Å². The minimum atomic E-state index is -0.915. The third-order valence-electron chi connectivity index (χ3n) is 5.78. The summed E-state index contributed by atoms with van der Waals surface area (Å²) in [6.07, 6.45) is 3.97. The van der Waals surface area contributed by atoms with Gasteiger partial charge in [0.15, 0.2) is 0 Å². The molecule has 0 aliphatic heterocycles. The van der Waals surface area contributed by atoms with Gasteiger partial charge < -0.3 is 19.1 Å². The number of rotatable bonds is 8. The van der Waals surface area contributed by atoms with Crippen molar-refractivity contribution in [3.8, 4) is 11.5 Å². The lowest BCUT2D eigenvalue weighted by Gasteiger charge is -2.22. The molecule has 3 aromatic carbocycles. The first-order valence-electron chi connectivity index (χ1n) is 10.8. The monoisotopic (exact) mass is 441 g/mol. The van der Waals surface area contributed by atoms with E-state index in [9.17, 15) is 4.79 Å². The Morgan fingerprint density at radius 2 is 1.48 bits per heavy atom. The lowest BCUT2D eigenvalue weighted by Crippen LogP contribution is -2.11. The number of nitrogens with zero attached hydrogens (tertiary/aromatic N) is 1. The van der Waals surface area contributed by atoms with E-state index < -0.39 is 5.97 Å². The van der Waals surface area contributed by atoms with Crippen molar-refractivity contribution in [2.45, 2.75) is 19.4 Å². The predicted octanol–water partition coefficient (Wildman–Crippen LogP) is 5.87. The van der Waals surface area contributed by atoms with Crippen LogP contribution in [0.3, 0.4) is 0 Å². The Bertz CT molecular complexity index is 1240. The number of aromatic nitrogens is 1. The van der Waals surface area contributed by atoms with E-state index in [1.54, 1.807) is 14.2 Å². The maximum Gasteiger partial charge on any atom is 0.328 e. The number of hydrogen-bond acceptors (Lipinski definition) is 3. The van der Waals surface area contributed by atoms with Gasteiger partial charge in [-0.3, -0.25) is 0 Å². The quantitative estimate of drug-likeness (QED) is 0.348. The van der Waals surface area contributed by atoms with E-state index >= 15 is 0 Å². The number of ether oxygens (including phenoxy) is 2. The summed E-state index contributed by atoms with van der Waals surface area (Å²) in [6, 6.07) is 24.7.